The van der Waals surface area contributed by atoms with Crippen molar-refractivity contribution in [3.63, 3.8) is 0 Å². The molecule has 0 aromatic carbocycles. The van der Waals surface area contributed by atoms with Crippen LogP contribution >= 0.6 is 0 Å². The van der Waals surface area contributed by atoms with Crippen LogP contribution in [-0.2, 0) is 33.7 Å². The lowest BCUT2D eigenvalue weighted by Gasteiger charge is -2.26. The van der Waals surface area contributed by atoms with Crippen LogP contribution in [0.25, 0.3) is 0 Å². The Hall–Kier alpha value is -1.93. The first-order valence-electron chi connectivity index (χ1n) is 10.6. The topological polar surface area (TPSA) is 113 Å². The van der Waals surface area contributed by atoms with Crippen molar-refractivity contribution in [3.8, 4) is 0 Å². The minimum atomic E-state index is -0.484. The smallest absolute Gasteiger partial charge is 0.229 e. The van der Waals surface area contributed by atoms with E-state index in [1.54, 1.807) is 4.90 Å². The highest BCUT2D eigenvalue weighted by atomic mass is 16.5. The predicted molar refractivity (Wildman–Crippen MR) is 101 cm³/mol. The number of carbonyl (C=O) groups is 2. The molecule has 8 nitrogen and oxygen atoms in total. The van der Waals surface area contributed by atoms with Gasteiger partial charge in [0.15, 0.2) is 0 Å². The molecule has 28 heavy (non-hydrogen) atoms. The summed E-state index contributed by atoms with van der Waals surface area (Å²) in [4.78, 5) is 27.8. The summed E-state index contributed by atoms with van der Waals surface area (Å²) in [5, 5.41) is 10.7. The molecule has 0 unspecified atom stereocenters. The van der Waals surface area contributed by atoms with Gasteiger partial charge in [-0.1, -0.05) is 6.42 Å². The van der Waals surface area contributed by atoms with Gasteiger partial charge in [-0.15, -0.1) is 0 Å². The minimum absolute atomic E-state index is 0.0291. The number of nitrogens with one attached hydrogen (secondary N) is 2. The summed E-state index contributed by atoms with van der Waals surface area (Å²) in [6.45, 7) is 1.94. The summed E-state index contributed by atoms with van der Waals surface area (Å²) >= 11 is 0. The van der Waals surface area contributed by atoms with E-state index < -0.39 is 11.5 Å². The second-order valence-electron chi connectivity index (χ2n) is 8.72. The van der Waals surface area contributed by atoms with Crippen molar-refractivity contribution >= 4 is 11.8 Å². The number of aromatic nitrogens is 2. The molecule has 1 aliphatic carbocycles. The van der Waals surface area contributed by atoms with Gasteiger partial charge < -0.3 is 20.7 Å². The van der Waals surface area contributed by atoms with Crippen LogP contribution in [0.1, 0.15) is 49.1 Å². The quantitative estimate of drug-likeness (QED) is 0.627. The molecule has 4 heterocycles. The molecule has 3 saturated heterocycles. The number of hydrogen-bond donors (Lipinski definition) is 3. The van der Waals surface area contributed by atoms with Crippen LogP contribution in [0.5, 0.6) is 0 Å². The number of nitrogens with zero attached hydrogens (tertiary/aromatic N) is 2. The fraction of sp³-hybridized carbons (Fsp3) is 0.750. The lowest BCUT2D eigenvalue weighted by molar-refractivity contribution is -0.138. The Morgan fingerprint density at radius 3 is 3.07 bits per heavy atom. The molecule has 1 aromatic rings. The number of hydrogen-bond acceptors (Lipinski definition) is 5. The van der Waals surface area contributed by atoms with Gasteiger partial charge in [-0.25, -0.2) is 0 Å². The zero-order valence-electron chi connectivity index (χ0n) is 16.2. The predicted octanol–water partition coefficient (Wildman–Crippen LogP) is 0.260. The lowest BCUT2D eigenvalue weighted by Crippen LogP contribution is -2.45. The van der Waals surface area contributed by atoms with E-state index in [1.807, 2.05) is 0 Å². The molecule has 2 amide bonds. The summed E-state index contributed by atoms with van der Waals surface area (Å²) < 4.78 is 6.22. The van der Waals surface area contributed by atoms with Gasteiger partial charge >= 0.3 is 0 Å². The molecule has 2 bridgehead atoms. The Labute approximate surface area is 164 Å². The first-order valence-corrected chi connectivity index (χ1v) is 10.6. The maximum atomic E-state index is 13.1. The Kier molecular flexibility index (Phi) is 4.43. The van der Waals surface area contributed by atoms with E-state index in [0.717, 1.165) is 31.4 Å². The Bertz CT molecular complexity index is 793. The number of aryl methyl sites for hydroxylation is 1. The number of rotatable bonds is 5. The van der Waals surface area contributed by atoms with Gasteiger partial charge in [-0.3, -0.25) is 14.7 Å². The first-order chi connectivity index (χ1) is 13.6. The van der Waals surface area contributed by atoms with E-state index in [9.17, 15) is 9.59 Å². The summed E-state index contributed by atoms with van der Waals surface area (Å²) in [5.74, 6) is -0.818. The molecule has 0 radical (unpaired) electrons. The van der Waals surface area contributed by atoms with Crippen LogP contribution in [0.15, 0.2) is 0 Å². The van der Waals surface area contributed by atoms with E-state index in [-0.39, 0.29) is 23.8 Å². The van der Waals surface area contributed by atoms with Crippen molar-refractivity contribution in [2.75, 3.05) is 19.6 Å². The number of H-pyrrole nitrogens is 1. The maximum absolute atomic E-state index is 13.1. The van der Waals surface area contributed by atoms with Gasteiger partial charge in [0.1, 0.15) is 0 Å². The number of ether oxygens (including phenoxy) is 1. The van der Waals surface area contributed by atoms with Crippen molar-refractivity contribution in [1.29, 1.82) is 0 Å². The van der Waals surface area contributed by atoms with Crippen LogP contribution in [0.2, 0.25) is 0 Å². The molecular weight excluding hydrogens is 358 g/mol. The summed E-state index contributed by atoms with van der Waals surface area (Å²) in [6, 6.07) is 0. The summed E-state index contributed by atoms with van der Waals surface area (Å²) in [7, 11) is 0. The van der Waals surface area contributed by atoms with Crippen LogP contribution in [0, 0.1) is 11.8 Å². The molecular formula is C20H29N5O3. The van der Waals surface area contributed by atoms with E-state index in [1.165, 1.54) is 30.5 Å². The van der Waals surface area contributed by atoms with Crippen LogP contribution in [-0.4, -0.2) is 58.3 Å². The Morgan fingerprint density at radius 1 is 1.36 bits per heavy atom. The van der Waals surface area contributed by atoms with Gasteiger partial charge in [0.25, 0.3) is 0 Å². The van der Waals surface area contributed by atoms with Crippen molar-refractivity contribution in [3.05, 3.63) is 17.0 Å². The van der Waals surface area contributed by atoms with Crippen LogP contribution < -0.4 is 11.1 Å². The molecule has 0 saturated carbocycles. The average molecular weight is 387 g/mol. The zero-order valence-corrected chi connectivity index (χ0v) is 16.2. The van der Waals surface area contributed by atoms with Gasteiger partial charge in [-0.2, -0.15) is 5.10 Å². The highest BCUT2D eigenvalue weighted by Gasteiger charge is 2.68. The molecule has 1 aromatic heterocycles. The number of likely N-dealkylation sites (tertiary alicyclic amines) is 1. The standard InChI is InChI=1S/C20H29N5O3/c21-8-9-25-11-20-7-6-15(28-20)16(17(20)19(25)27)18(26)22-10-14-12-4-2-1-3-5-13(12)23-24-14/h15-17H,1-11,21H2,(H,22,26)(H,23,24)/t15-,16-,17+,20-/m0/s1. The van der Waals surface area contributed by atoms with Gasteiger partial charge in [0, 0.05) is 18.8 Å². The van der Waals surface area contributed by atoms with Crippen molar-refractivity contribution in [2.45, 2.75) is 63.2 Å². The van der Waals surface area contributed by atoms with E-state index >= 15 is 0 Å². The summed E-state index contributed by atoms with van der Waals surface area (Å²) in [5.41, 5.74) is 8.59. The molecule has 4 aliphatic rings. The Morgan fingerprint density at radius 2 is 2.21 bits per heavy atom. The monoisotopic (exact) mass is 387 g/mol. The van der Waals surface area contributed by atoms with E-state index in [4.69, 9.17) is 10.5 Å². The number of aromatic amines is 1. The van der Waals surface area contributed by atoms with Crippen molar-refractivity contribution in [1.82, 2.24) is 20.4 Å². The van der Waals surface area contributed by atoms with Crippen molar-refractivity contribution < 1.29 is 14.3 Å². The normalized spacial score (nSPS) is 33.7. The molecule has 3 fully saturated rings. The SMILES string of the molecule is NCCN1C[C@]23CC[C@H](O2)[C@H](C(=O)NCc2n[nH]c4c2CCCCC4)[C@@H]3C1=O. The van der Waals surface area contributed by atoms with Crippen LogP contribution in [0.4, 0.5) is 0 Å². The lowest BCUT2D eigenvalue weighted by atomic mass is 9.73. The number of amides is 2. The largest absolute Gasteiger partial charge is 0.368 e. The minimum Gasteiger partial charge on any atom is -0.368 e. The third kappa shape index (κ3) is 2.69. The molecule has 8 heteroatoms. The third-order valence-corrected chi connectivity index (χ3v) is 7.12. The van der Waals surface area contributed by atoms with Gasteiger partial charge in [0.05, 0.1) is 42.3 Å². The van der Waals surface area contributed by atoms with Crippen LogP contribution in [0.3, 0.4) is 0 Å². The van der Waals surface area contributed by atoms with Gasteiger partial charge in [0.2, 0.25) is 11.8 Å². The fourth-order valence-corrected chi connectivity index (χ4v) is 5.85. The molecule has 1 spiro atoms. The molecule has 4 atom stereocenters. The van der Waals surface area contributed by atoms with E-state index in [2.05, 4.69) is 15.5 Å². The highest BCUT2D eigenvalue weighted by molar-refractivity contribution is 5.92. The second kappa shape index (κ2) is 6.84. The zero-order chi connectivity index (χ0) is 19.3. The fourth-order valence-electron chi connectivity index (χ4n) is 5.85. The molecule has 4 N–H and O–H groups in total. The van der Waals surface area contributed by atoms with Gasteiger partial charge in [-0.05, 0) is 44.1 Å². The average Bonchev–Trinajstić information content (AvgIpc) is 3.37. The number of carbonyl (C=O) groups excluding carboxylic acids is 2. The third-order valence-electron chi connectivity index (χ3n) is 7.12. The second-order valence-corrected chi connectivity index (χ2v) is 8.72. The van der Waals surface area contributed by atoms with E-state index in [0.29, 0.717) is 26.2 Å². The van der Waals surface area contributed by atoms with Crippen molar-refractivity contribution in [2.24, 2.45) is 17.6 Å². The highest BCUT2D eigenvalue weighted by Crippen LogP contribution is 2.55. The number of fused-ring (bicyclic) bond motifs is 2. The maximum Gasteiger partial charge on any atom is 0.229 e. The molecule has 152 valence electrons. The summed E-state index contributed by atoms with van der Waals surface area (Å²) in [6.07, 6.45) is 7.19. The number of nitrogens with two attached hydrogens (primary N) is 1. The molecule has 5 rings (SSSR count). The Balaban J connectivity index is 1.30. The first kappa shape index (κ1) is 18.1. The molecule has 3 aliphatic heterocycles.